The summed E-state index contributed by atoms with van der Waals surface area (Å²) < 4.78 is 5.54. The number of ether oxygens (including phenoxy) is 1. The van der Waals surface area contributed by atoms with Crippen LogP contribution in [0.15, 0.2) is 41.8 Å². The van der Waals surface area contributed by atoms with E-state index in [1.54, 1.807) is 7.11 Å². The number of carbonyl (C=O) groups is 2. The summed E-state index contributed by atoms with van der Waals surface area (Å²) in [5, 5.41) is 16.4. The molecule has 2 heterocycles. The Morgan fingerprint density at radius 1 is 1.05 bits per heavy atom. The van der Waals surface area contributed by atoms with Crippen LogP contribution in [0.1, 0.15) is 69.0 Å². The first-order chi connectivity index (χ1) is 18.5. The molecule has 0 radical (unpaired) electrons. The maximum absolute atomic E-state index is 13.5. The third-order valence-corrected chi connectivity index (χ3v) is 10.6. The van der Waals surface area contributed by atoms with Crippen LogP contribution < -0.4 is 15.0 Å². The molecule has 0 bridgehead atoms. The lowest BCUT2D eigenvalue weighted by Crippen LogP contribution is -2.53. The van der Waals surface area contributed by atoms with Crippen LogP contribution in [0, 0.1) is 16.7 Å². The summed E-state index contributed by atoms with van der Waals surface area (Å²) in [5.74, 6) is 1.25. The number of amides is 2. The molecular weight excluding hydrogens is 510 g/mol. The maximum atomic E-state index is 13.5. The topological polar surface area (TPSA) is 82.1 Å². The second kappa shape index (κ2) is 10.8. The van der Waals surface area contributed by atoms with Gasteiger partial charge in [-0.1, -0.05) is 32.0 Å². The number of hydrogen-bond donors (Lipinski definition) is 2. The molecule has 0 spiro atoms. The highest BCUT2D eigenvalue weighted by molar-refractivity contribution is 7.12. The van der Waals surface area contributed by atoms with Crippen LogP contribution in [-0.4, -0.2) is 66.8 Å². The number of fused-ring (bicyclic) bond motifs is 1. The average Bonchev–Trinajstić information content (AvgIpc) is 3.53. The van der Waals surface area contributed by atoms with E-state index in [2.05, 4.69) is 30.1 Å². The van der Waals surface area contributed by atoms with Gasteiger partial charge in [0.2, 0.25) is 5.91 Å². The molecule has 1 saturated heterocycles. The predicted octanol–water partition coefficient (Wildman–Crippen LogP) is 4.95. The van der Waals surface area contributed by atoms with Gasteiger partial charge < -0.3 is 25.0 Å². The Morgan fingerprint density at radius 2 is 1.79 bits per heavy atom. The van der Waals surface area contributed by atoms with Crippen LogP contribution in [0.25, 0.3) is 0 Å². The first-order valence-corrected chi connectivity index (χ1v) is 15.2. The largest absolute Gasteiger partial charge is 0.495 e. The van der Waals surface area contributed by atoms with E-state index in [0.29, 0.717) is 32.4 Å². The lowest BCUT2D eigenvalue weighted by atomic mass is 9.57. The van der Waals surface area contributed by atoms with Crippen molar-refractivity contribution in [3.63, 3.8) is 0 Å². The summed E-state index contributed by atoms with van der Waals surface area (Å²) >= 11 is 1.46. The molecule has 1 aromatic carbocycles. The van der Waals surface area contributed by atoms with Crippen molar-refractivity contribution in [1.29, 1.82) is 0 Å². The fraction of sp³-hybridized carbons (Fsp3) is 0.613. The van der Waals surface area contributed by atoms with Crippen LogP contribution in [0.4, 0.5) is 5.69 Å². The number of rotatable bonds is 7. The molecule has 2 N–H and O–H groups in total. The number of thiophene rings is 1. The number of nitrogens with one attached hydrogen (secondary N) is 1. The van der Waals surface area contributed by atoms with Crippen molar-refractivity contribution in [3.8, 4) is 5.75 Å². The molecule has 2 amide bonds. The highest BCUT2D eigenvalue weighted by atomic mass is 32.1. The van der Waals surface area contributed by atoms with E-state index in [1.165, 1.54) is 11.3 Å². The van der Waals surface area contributed by atoms with Gasteiger partial charge in [0.05, 0.1) is 23.3 Å². The van der Waals surface area contributed by atoms with Crippen molar-refractivity contribution < 1.29 is 19.4 Å². The number of nitrogens with zero attached hydrogens (tertiary/aromatic N) is 2. The minimum atomic E-state index is -0.711. The van der Waals surface area contributed by atoms with E-state index >= 15 is 0 Å². The van der Waals surface area contributed by atoms with Gasteiger partial charge in [-0.15, -0.1) is 11.3 Å². The van der Waals surface area contributed by atoms with Crippen LogP contribution in [0.2, 0.25) is 0 Å². The fourth-order valence-electron chi connectivity index (χ4n) is 7.66. The zero-order chi connectivity index (χ0) is 27.8. The minimum Gasteiger partial charge on any atom is -0.495 e. The predicted molar refractivity (Wildman–Crippen MR) is 155 cm³/mol. The normalized spacial score (nSPS) is 30.1. The van der Waals surface area contributed by atoms with Gasteiger partial charge in [0, 0.05) is 38.6 Å². The summed E-state index contributed by atoms with van der Waals surface area (Å²) in [4.78, 5) is 31.7. The Bertz CT molecular complexity index is 1170. The molecule has 212 valence electrons. The van der Waals surface area contributed by atoms with Crippen LogP contribution >= 0.6 is 11.3 Å². The molecule has 5 rings (SSSR count). The molecule has 2 saturated carbocycles. The van der Waals surface area contributed by atoms with E-state index in [-0.39, 0.29) is 34.6 Å². The number of methoxy groups -OCH3 is 1. The Balaban J connectivity index is 1.28. The van der Waals surface area contributed by atoms with E-state index in [0.717, 1.165) is 48.7 Å². The first kappa shape index (κ1) is 28.0. The quantitative estimate of drug-likeness (QED) is 0.507. The van der Waals surface area contributed by atoms with E-state index in [1.807, 2.05) is 47.5 Å². The second-order valence-electron chi connectivity index (χ2n) is 12.7. The summed E-state index contributed by atoms with van der Waals surface area (Å²) in [5.41, 5.74) is 0.117. The molecule has 4 unspecified atom stereocenters. The molecule has 1 aliphatic heterocycles. The zero-order valence-corrected chi connectivity index (χ0v) is 24.6. The molecule has 4 atom stereocenters. The third kappa shape index (κ3) is 5.55. The highest BCUT2D eigenvalue weighted by Gasteiger charge is 2.61. The van der Waals surface area contributed by atoms with Crippen LogP contribution in [0.5, 0.6) is 5.75 Å². The van der Waals surface area contributed by atoms with Crippen LogP contribution in [0.3, 0.4) is 0 Å². The number of hydrogen-bond acceptors (Lipinski definition) is 6. The fourth-order valence-corrected chi connectivity index (χ4v) is 8.28. The summed E-state index contributed by atoms with van der Waals surface area (Å²) in [6.45, 7) is 9.40. The monoisotopic (exact) mass is 553 g/mol. The number of carbonyl (C=O) groups excluding carboxylic acids is 2. The zero-order valence-electron chi connectivity index (χ0n) is 23.7. The number of piperazine rings is 1. The molecular formula is C31H43N3O4S. The Labute approximate surface area is 236 Å². The van der Waals surface area contributed by atoms with Gasteiger partial charge in [0.15, 0.2) is 0 Å². The van der Waals surface area contributed by atoms with Crippen LogP contribution in [-0.2, 0) is 4.79 Å². The van der Waals surface area contributed by atoms with Gasteiger partial charge in [0.1, 0.15) is 5.75 Å². The van der Waals surface area contributed by atoms with Gasteiger partial charge in [-0.2, -0.15) is 0 Å². The Morgan fingerprint density at radius 3 is 2.49 bits per heavy atom. The van der Waals surface area contributed by atoms with Gasteiger partial charge in [-0.3, -0.25) is 9.59 Å². The SMILES string of the molecule is COc1ccccc1N1CCN(C(=O)CCC23CCC(C)(O)CC2C(C)(C)CC3NC(=O)c2cccs2)CC1. The number of aliphatic hydroxyl groups is 1. The van der Waals surface area contributed by atoms with Crippen molar-refractivity contribution >= 4 is 28.8 Å². The first-order valence-electron chi connectivity index (χ1n) is 14.3. The minimum absolute atomic E-state index is 0.0154. The third-order valence-electron chi connectivity index (χ3n) is 9.75. The van der Waals surface area contributed by atoms with Crippen molar-refractivity contribution in [3.05, 3.63) is 46.7 Å². The molecule has 7 nitrogen and oxygen atoms in total. The summed E-state index contributed by atoms with van der Waals surface area (Å²) in [6.07, 6.45) is 4.27. The van der Waals surface area contributed by atoms with E-state index in [4.69, 9.17) is 4.74 Å². The van der Waals surface area contributed by atoms with Crippen molar-refractivity contribution in [2.75, 3.05) is 38.2 Å². The number of para-hydroxylation sites is 2. The molecule has 3 aliphatic rings. The standard InChI is InChI=1S/C31H43N3O4S/c1-29(2)21-26(32-28(36)24-10-7-19-39-24)31(14-13-30(3,37)20-25(29)31)12-11-27(35)34-17-15-33(16-18-34)22-8-5-6-9-23(22)38-4/h5-10,19,25-26,37H,11-18,20-21H2,1-4H3,(H,32,36). The van der Waals surface area contributed by atoms with Gasteiger partial charge >= 0.3 is 0 Å². The Hall–Kier alpha value is -2.58. The molecule has 3 fully saturated rings. The lowest BCUT2D eigenvalue weighted by Gasteiger charge is -2.51. The molecule has 8 heteroatoms. The molecule has 2 aromatic rings. The Kier molecular flexibility index (Phi) is 7.72. The maximum Gasteiger partial charge on any atom is 0.261 e. The van der Waals surface area contributed by atoms with Crippen molar-refractivity contribution in [2.24, 2.45) is 16.7 Å². The van der Waals surface area contributed by atoms with Gasteiger partial charge in [0.25, 0.3) is 5.91 Å². The van der Waals surface area contributed by atoms with E-state index < -0.39 is 5.60 Å². The van der Waals surface area contributed by atoms with Gasteiger partial charge in [-0.05, 0) is 79.4 Å². The number of anilines is 1. The van der Waals surface area contributed by atoms with Gasteiger partial charge in [-0.25, -0.2) is 0 Å². The van der Waals surface area contributed by atoms with E-state index in [9.17, 15) is 14.7 Å². The average molecular weight is 554 g/mol. The molecule has 1 aromatic heterocycles. The highest BCUT2D eigenvalue weighted by Crippen LogP contribution is 2.64. The van der Waals surface area contributed by atoms with Crippen molar-refractivity contribution in [2.45, 2.75) is 70.9 Å². The lowest BCUT2D eigenvalue weighted by molar-refractivity contribution is -0.133. The summed E-state index contributed by atoms with van der Waals surface area (Å²) in [7, 11) is 1.69. The summed E-state index contributed by atoms with van der Waals surface area (Å²) in [6, 6.07) is 11.8. The number of benzene rings is 1. The molecule has 39 heavy (non-hydrogen) atoms. The second-order valence-corrected chi connectivity index (χ2v) is 13.7. The van der Waals surface area contributed by atoms with Crippen molar-refractivity contribution in [1.82, 2.24) is 10.2 Å². The molecule has 2 aliphatic carbocycles. The smallest absolute Gasteiger partial charge is 0.261 e.